The van der Waals surface area contributed by atoms with Gasteiger partial charge in [-0.15, -0.1) is 0 Å². The van der Waals surface area contributed by atoms with Crippen LogP contribution in [0.15, 0.2) is 12.1 Å². The van der Waals surface area contributed by atoms with Crippen molar-refractivity contribution in [3.63, 3.8) is 0 Å². The molecule has 4 nitrogen and oxygen atoms in total. The highest BCUT2D eigenvalue weighted by molar-refractivity contribution is 5.50. The van der Waals surface area contributed by atoms with Gasteiger partial charge in [-0.25, -0.2) is 8.78 Å². The average Bonchev–Trinajstić information content (AvgIpc) is 2.35. The fourth-order valence-corrected chi connectivity index (χ4v) is 1.50. The molecule has 0 aromatic heterocycles. The summed E-state index contributed by atoms with van der Waals surface area (Å²) < 4.78 is 35.5. The Morgan fingerprint density at radius 2 is 1.94 bits per heavy atom. The number of nitrogens with two attached hydrogens (primary N) is 1. The molecule has 0 saturated heterocycles. The molecule has 96 valence electrons. The number of halogens is 2. The third kappa shape index (κ3) is 2.83. The summed E-state index contributed by atoms with van der Waals surface area (Å²) >= 11 is 0. The number of aliphatic hydroxyl groups is 1. The molecule has 1 aromatic rings. The zero-order valence-electron chi connectivity index (χ0n) is 9.61. The summed E-state index contributed by atoms with van der Waals surface area (Å²) in [6.07, 6.45) is -2.70. The lowest BCUT2D eigenvalue weighted by molar-refractivity contribution is 0.146. The van der Waals surface area contributed by atoms with Gasteiger partial charge in [-0.05, 0) is 17.7 Å². The molecule has 6 heteroatoms. The van der Waals surface area contributed by atoms with Gasteiger partial charge in [-0.3, -0.25) is 0 Å². The van der Waals surface area contributed by atoms with Crippen molar-refractivity contribution in [1.29, 1.82) is 0 Å². The van der Waals surface area contributed by atoms with Crippen LogP contribution in [0.25, 0.3) is 0 Å². The van der Waals surface area contributed by atoms with E-state index >= 15 is 0 Å². The van der Waals surface area contributed by atoms with Gasteiger partial charge < -0.3 is 20.3 Å². The van der Waals surface area contributed by atoms with Crippen LogP contribution in [0.3, 0.4) is 0 Å². The highest BCUT2D eigenvalue weighted by Crippen LogP contribution is 2.39. The molecule has 1 aromatic carbocycles. The molecule has 0 amide bonds. The number of ether oxygens (including phenoxy) is 2. The number of hydrogen-bond acceptors (Lipinski definition) is 4. The van der Waals surface area contributed by atoms with Crippen LogP contribution in [0, 0.1) is 0 Å². The van der Waals surface area contributed by atoms with Crippen molar-refractivity contribution in [3.05, 3.63) is 23.3 Å². The summed E-state index contributed by atoms with van der Waals surface area (Å²) in [6, 6.07) is 1.96. The van der Waals surface area contributed by atoms with Gasteiger partial charge in [0, 0.05) is 0 Å². The quantitative estimate of drug-likeness (QED) is 0.830. The van der Waals surface area contributed by atoms with Gasteiger partial charge in [-0.1, -0.05) is 0 Å². The monoisotopic (exact) mass is 247 g/mol. The maximum Gasteiger partial charge on any atom is 0.267 e. The molecule has 3 N–H and O–H groups in total. The van der Waals surface area contributed by atoms with Crippen molar-refractivity contribution in [3.8, 4) is 11.5 Å². The molecule has 1 unspecified atom stereocenters. The van der Waals surface area contributed by atoms with Gasteiger partial charge in [-0.2, -0.15) is 0 Å². The van der Waals surface area contributed by atoms with Crippen LogP contribution in [-0.2, 0) is 0 Å². The number of alkyl halides is 2. The Hall–Kier alpha value is -1.40. The molecule has 0 aliphatic carbocycles. The van der Waals surface area contributed by atoms with Crippen LogP contribution in [0.2, 0.25) is 0 Å². The zero-order valence-corrected chi connectivity index (χ0v) is 9.61. The lowest BCUT2D eigenvalue weighted by atomic mass is 10.0. The van der Waals surface area contributed by atoms with Crippen LogP contribution < -0.4 is 15.2 Å². The second-order valence-corrected chi connectivity index (χ2v) is 3.44. The van der Waals surface area contributed by atoms with E-state index in [1.54, 1.807) is 0 Å². The molecule has 0 heterocycles. The van der Waals surface area contributed by atoms with Crippen molar-refractivity contribution < 1.29 is 23.4 Å². The first-order chi connectivity index (χ1) is 8.04. The van der Waals surface area contributed by atoms with Crippen molar-refractivity contribution in [2.24, 2.45) is 5.73 Å². The maximum absolute atomic E-state index is 12.8. The molecule has 0 aliphatic heterocycles. The molecule has 0 bridgehead atoms. The highest BCUT2D eigenvalue weighted by Gasteiger charge is 2.21. The molecular formula is C11H15F2NO3. The SMILES string of the molecule is COc1cc(C(N)CO)cc(C(F)F)c1OC. The molecule has 0 fully saturated rings. The second-order valence-electron chi connectivity index (χ2n) is 3.44. The predicted molar refractivity (Wildman–Crippen MR) is 58.5 cm³/mol. The van der Waals surface area contributed by atoms with Crippen molar-refractivity contribution in [2.45, 2.75) is 12.5 Å². The topological polar surface area (TPSA) is 64.7 Å². The second kappa shape index (κ2) is 5.79. The van der Waals surface area contributed by atoms with E-state index < -0.39 is 12.5 Å². The van der Waals surface area contributed by atoms with E-state index in [2.05, 4.69) is 0 Å². The Labute approximate surface area is 97.9 Å². The number of rotatable bonds is 5. The van der Waals surface area contributed by atoms with Crippen LogP contribution in [-0.4, -0.2) is 25.9 Å². The summed E-state index contributed by atoms with van der Waals surface area (Å²) in [5, 5.41) is 8.92. The van der Waals surface area contributed by atoms with E-state index in [-0.39, 0.29) is 23.7 Å². The minimum absolute atomic E-state index is 0.0172. The zero-order chi connectivity index (χ0) is 13.0. The van der Waals surface area contributed by atoms with Crippen LogP contribution >= 0.6 is 0 Å². The Morgan fingerprint density at radius 3 is 2.35 bits per heavy atom. The molecule has 17 heavy (non-hydrogen) atoms. The standard InChI is InChI=1S/C11H15F2NO3/c1-16-9-4-6(8(14)5-15)3-7(11(12)13)10(9)17-2/h3-4,8,11,15H,5,14H2,1-2H3. The number of methoxy groups -OCH3 is 2. The number of aliphatic hydroxyl groups excluding tert-OH is 1. The van der Waals surface area contributed by atoms with E-state index in [1.807, 2.05) is 0 Å². The first-order valence-electron chi connectivity index (χ1n) is 4.95. The van der Waals surface area contributed by atoms with Crippen LogP contribution in [0.1, 0.15) is 23.6 Å². The summed E-state index contributed by atoms with van der Waals surface area (Å²) in [6.45, 7) is -0.335. The third-order valence-electron chi connectivity index (χ3n) is 2.39. The van der Waals surface area contributed by atoms with Crippen molar-refractivity contribution >= 4 is 0 Å². The fourth-order valence-electron chi connectivity index (χ4n) is 1.50. The summed E-state index contributed by atoms with van der Waals surface area (Å²) in [4.78, 5) is 0. The van der Waals surface area contributed by atoms with Crippen LogP contribution in [0.5, 0.6) is 11.5 Å². The molecule has 0 aliphatic rings. The molecule has 0 saturated carbocycles. The van der Waals surface area contributed by atoms with E-state index in [0.717, 1.165) is 0 Å². The van der Waals surface area contributed by atoms with Gasteiger partial charge in [0.1, 0.15) is 0 Å². The van der Waals surface area contributed by atoms with Crippen molar-refractivity contribution in [1.82, 2.24) is 0 Å². The minimum Gasteiger partial charge on any atom is -0.493 e. The van der Waals surface area contributed by atoms with E-state index in [1.165, 1.54) is 26.4 Å². The molecule has 0 radical (unpaired) electrons. The molecule has 1 rings (SSSR count). The molecular weight excluding hydrogens is 232 g/mol. The number of hydrogen-bond donors (Lipinski definition) is 2. The summed E-state index contributed by atoms with van der Waals surface area (Å²) in [5.41, 5.74) is 5.66. The first-order valence-corrected chi connectivity index (χ1v) is 4.95. The van der Waals surface area contributed by atoms with Crippen molar-refractivity contribution in [2.75, 3.05) is 20.8 Å². The Balaban J connectivity index is 3.34. The van der Waals surface area contributed by atoms with Gasteiger partial charge in [0.05, 0.1) is 32.4 Å². The van der Waals surface area contributed by atoms with E-state index in [0.29, 0.717) is 5.56 Å². The van der Waals surface area contributed by atoms with Gasteiger partial charge in [0.25, 0.3) is 6.43 Å². The minimum atomic E-state index is -2.70. The fraction of sp³-hybridized carbons (Fsp3) is 0.455. The van der Waals surface area contributed by atoms with Crippen LogP contribution in [0.4, 0.5) is 8.78 Å². The molecule has 1 atom stereocenters. The Bertz CT molecular complexity index is 385. The first kappa shape index (κ1) is 13.7. The largest absolute Gasteiger partial charge is 0.493 e. The normalized spacial score (nSPS) is 12.6. The Kier molecular flexibility index (Phi) is 4.65. The number of benzene rings is 1. The average molecular weight is 247 g/mol. The lowest BCUT2D eigenvalue weighted by Crippen LogP contribution is -2.15. The smallest absolute Gasteiger partial charge is 0.267 e. The Morgan fingerprint density at radius 1 is 1.29 bits per heavy atom. The third-order valence-corrected chi connectivity index (χ3v) is 2.39. The summed E-state index contributed by atoms with van der Waals surface area (Å²) in [7, 11) is 2.64. The van der Waals surface area contributed by atoms with E-state index in [4.69, 9.17) is 20.3 Å². The van der Waals surface area contributed by atoms with E-state index in [9.17, 15) is 8.78 Å². The lowest BCUT2D eigenvalue weighted by Gasteiger charge is -2.17. The van der Waals surface area contributed by atoms with Gasteiger partial charge in [0.15, 0.2) is 11.5 Å². The predicted octanol–water partition coefficient (Wildman–Crippen LogP) is 1.63. The summed E-state index contributed by atoms with van der Waals surface area (Å²) in [5.74, 6) is 0.153. The van der Waals surface area contributed by atoms with Gasteiger partial charge >= 0.3 is 0 Å². The highest BCUT2D eigenvalue weighted by atomic mass is 19.3. The van der Waals surface area contributed by atoms with Gasteiger partial charge in [0.2, 0.25) is 0 Å². The molecule has 0 spiro atoms. The maximum atomic E-state index is 12.8.